The van der Waals surface area contributed by atoms with Gasteiger partial charge < -0.3 is 10.6 Å². The van der Waals surface area contributed by atoms with Gasteiger partial charge in [-0.3, -0.25) is 4.79 Å². The van der Waals surface area contributed by atoms with Gasteiger partial charge in [-0.15, -0.1) is 10.2 Å². The minimum Gasteiger partial charge on any atom is -0.359 e. The number of halogens is 1. The molecule has 0 saturated heterocycles. The number of aromatic nitrogens is 6. The number of nitrogens with zero attached hydrogens (tertiary/aromatic N) is 6. The third kappa shape index (κ3) is 5.81. The van der Waals surface area contributed by atoms with E-state index in [4.69, 9.17) is 4.98 Å². The number of hydrogen-bond donors (Lipinski definition) is 3. The molecule has 15 heteroatoms. The molecular weight excluding hydrogens is 606 g/mol. The van der Waals surface area contributed by atoms with Gasteiger partial charge in [-0.05, 0) is 65.9 Å². The zero-order valence-corrected chi connectivity index (χ0v) is 25.0. The highest BCUT2D eigenvalue weighted by atomic mass is 79.9. The van der Waals surface area contributed by atoms with Crippen LogP contribution in [0.15, 0.2) is 29.0 Å². The lowest BCUT2D eigenvalue weighted by atomic mass is 9.87. The van der Waals surface area contributed by atoms with Gasteiger partial charge in [-0.2, -0.15) is 10.1 Å². The van der Waals surface area contributed by atoms with Crippen LogP contribution in [0.25, 0.3) is 27.3 Å². The lowest BCUT2D eigenvalue weighted by Gasteiger charge is -2.22. The number of benzene rings is 1. The van der Waals surface area contributed by atoms with Gasteiger partial charge in [-0.25, -0.2) is 22.8 Å². The largest absolute Gasteiger partial charge is 0.359 e. The van der Waals surface area contributed by atoms with Gasteiger partial charge in [0.05, 0.1) is 17.3 Å². The molecule has 3 aromatic heterocycles. The molecule has 0 unspecified atom stereocenters. The van der Waals surface area contributed by atoms with E-state index in [-0.39, 0.29) is 18.5 Å². The summed E-state index contributed by atoms with van der Waals surface area (Å²) in [6.07, 6.45) is 5.12. The predicted molar refractivity (Wildman–Crippen MR) is 153 cm³/mol. The van der Waals surface area contributed by atoms with E-state index in [0.717, 1.165) is 40.6 Å². The van der Waals surface area contributed by atoms with Gasteiger partial charge in [0, 0.05) is 36.8 Å². The molecule has 0 spiro atoms. The Morgan fingerprint density at radius 2 is 2.10 bits per heavy atom. The molecule has 1 amide bonds. The van der Waals surface area contributed by atoms with Crippen LogP contribution in [0.1, 0.15) is 36.8 Å². The third-order valence-corrected chi connectivity index (χ3v) is 8.97. The second-order valence-electron chi connectivity index (χ2n) is 9.92. The number of amides is 1. The normalized spacial score (nSPS) is 19.5. The first-order valence-electron chi connectivity index (χ1n) is 12.2. The molecule has 12 nitrogen and oxygen atoms in total. The summed E-state index contributed by atoms with van der Waals surface area (Å²) in [6, 6.07) is 5.70. The molecule has 1 saturated carbocycles. The fourth-order valence-corrected chi connectivity index (χ4v) is 6.46. The van der Waals surface area contributed by atoms with E-state index in [1.54, 1.807) is 17.9 Å². The Kier molecular flexibility index (Phi) is 7.43. The molecule has 1 aliphatic rings. The van der Waals surface area contributed by atoms with Crippen LogP contribution in [0, 0.1) is 12.3 Å². The van der Waals surface area contributed by atoms with Crippen molar-refractivity contribution >= 4 is 60.2 Å². The summed E-state index contributed by atoms with van der Waals surface area (Å²) in [4.78, 5) is 21.6. The molecule has 1 aromatic carbocycles. The van der Waals surface area contributed by atoms with Crippen molar-refractivity contribution in [3.63, 3.8) is 0 Å². The zero-order chi connectivity index (χ0) is 27.9. The lowest BCUT2D eigenvalue weighted by molar-refractivity contribution is -0.129. The first kappa shape index (κ1) is 27.6. The average Bonchev–Trinajstić information content (AvgIpc) is 3.59. The van der Waals surface area contributed by atoms with E-state index < -0.39 is 15.4 Å². The van der Waals surface area contributed by atoms with Gasteiger partial charge in [0.2, 0.25) is 21.9 Å². The Morgan fingerprint density at radius 3 is 2.79 bits per heavy atom. The minimum atomic E-state index is -3.42. The summed E-state index contributed by atoms with van der Waals surface area (Å²) in [5.74, 6) is 0.487. The van der Waals surface area contributed by atoms with Crippen LogP contribution >= 0.6 is 27.3 Å². The van der Waals surface area contributed by atoms with Crippen molar-refractivity contribution in [2.75, 3.05) is 18.6 Å². The standard InChI is InChI=1S/C24H28BrN9O3S2/c1-13-31-32-21(38-13)17-6-5-16(9-14(17)11-28-39(4,36)37)34-20-18(19(25)33-34)12-27-23(30-20)29-15-7-8-24(2,10-15)22(35)26-3/h5-6,9,12,15,28H,7-8,10-11H2,1-4H3,(H,26,35)(H,27,29,30)/t15-,24-/m1/s1. The first-order chi connectivity index (χ1) is 18.5. The predicted octanol–water partition coefficient (Wildman–Crippen LogP) is 3.17. The van der Waals surface area contributed by atoms with Gasteiger partial charge in [0.15, 0.2) is 5.65 Å². The average molecular weight is 635 g/mol. The number of carbonyl (C=O) groups excluding carboxylic acids is 1. The van der Waals surface area contributed by atoms with E-state index in [9.17, 15) is 13.2 Å². The molecule has 0 aliphatic heterocycles. The minimum absolute atomic E-state index is 0.0403. The van der Waals surface area contributed by atoms with E-state index in [2.05, 4.69) is 51.6 Å². The van der Waals surface area contributed by atoms with Crippen molar-refractivity contribution in [1.29, 1.82) is 0 Å². The highest BCUT2D eigenvalue weighted by molar-refractivity contribution is 9.10. The second-order valence-corrected chi connectivity index (χ2v) is 13.7. The van der Waals surface area contributed by atoms with Crippen molar-refractivity contribution < 1.29 is 13.2 Å². The van der Waals surface area contributed by atoms with E-state index >= 15 is 0 Å². The maximum atomic E-state index is 12.3. The van der Waals surface area contributed by atoms with E-state index in [0.29, 0.717) is 33.3 Å². The highest BCUT2D eigenvalue weighted by Crippen LogP contribution is 2.39. The fraction of sp³-hybridized carbons (Fsp3) is 0.417. The highest BCUT2D eigenvalue weighted by Gasteiger charge is 2.41. The van der Waals surface area contributed by atoms with Crippen LogP contribution in [0.5, 0.6) is 0 Å². The zero-order valence-electron chi connectivity index (χ0n) is 21.8. The van der Waals surface area contributed by atoms with Crippen LogP contribution in [0.3, 0.4) is 0 Å². The summed E-state index contributed by atoms with van der Waals surface area (Å²) in [6.45, 7) is 3.93. The van der Waals surface area contributed by atoms with Crippen molar-refractivity contribution in [2.24, 2.45) is 5.41 Å². The number of fused-ring (bicyclic) bond motifs is 1. The summed E-state index contributed by atoms with van der Waals surface area (Å²) in [5, 5.41) is 21.4. The van der Waals surface area contributed by atoms with Gasteiger partial charge >= 0.3 is 0 Å². The van der Waals surface area contributed by atoms with Crippen LogP contribution in [0.2, 0.25) is 0 Å². The monoisotopic (exact) mass is 633 g/mol. The Bertz CT molecular complexity index is 1670. The molecule has 3 heterocycles. The summed E-state index contributed by atoms with van der Waals surface area (Å²) < 4.78 is 28.6. The summed E-state index contributed by atoms with van der Waals surface area (Å²) in [7, 11) is -1.76. The molecule has 0 radical (unpaired) electrons. The topological polar surface area (TPSA) is 157 Å². The summed E-state index contributed by atoms with van der Waals surface area (Å²) >= 11 is 4.94. The number of anilines is 1. The van der Waals surface area contributed by atoms with Crippen molar-refractivity contribution in [3.05, 3.63) is 39.6 Å². The number of hydrogen-bond acceptors (Lipinski definition) is 10. The third-order valence-electron chi connectivity index (χ3n) is 6.84. The second kappa shape index (κ2) is 10.5. The number of sulfonamides is 1. The SMILES string of the molecule is CNC(=O)[C@]1(C)CC[C@@H](Nc2ncc3c(Br)nn(-c4ccc(-c5nnc(C)s5)c(CNS(C)(=O)=O)c4)c3n2)C1. The van der Waals surface area contributed by atoms with Gasteiger partial charge in [0.1, 0.15) is 14.6 Å². The molecular formula is C24H28BrN9O3S2. The summed E-state index contributed by atoms with van der Waals surface area (Å²) in [5.41, 5.74) is 2.35. The first-order valence-corrected chi connectivity index (χ1v) is 15.7. The Hall–Kier alpha value is -3.01. The van der Waals surface area contributed by atoms with Crippen LogP contribution in [-0.4, -0.2) is 63.6 Å². The number of rotatable bonds is 8. The lowest BCUT2D eigenvalue weighted by Crippen LogP contribution is -2.35. The van der Waals surface area contributed by atoms with Gasteiger partial charge in [-0.1, -0.05) is 18.3 Å². The molecule has 1 fully saturated rings. The Labute approximate surface area is 238 Å². The number of carbonyl (C=O) groups is 1. The van der Waals surface area contributed by atoms with Crippen molar-refractivity contribution in [3.8, 4) is 16.3 Å². The molecule has 206 valence electrons. The molecule has 5 rings (SSSR count). The molecule has 1 aliphatic carbocycles. The fourth-order valence-electron chi connectivity index (χ4n) is 4.85. The number of aryl methyl sites for hydroxylation is 1. The maximum Gasteiger partial charge on any atom is 0.225 e. The Balaban J connectivity index is 1.50. The molecule has 4 aromatic rings. The molecule has 0 bridgehead atoms. The molecule has 2 atom stereocenters. The van der Waals surface area contributed by atoms with E-state index in [1.807, 2.05) is 32.0 Å². The number of nitrogens with one attached hydrogen (secondary N) is 3. The van der Waals surface area contributed by atoms with Crippen LogP contribution < -0.4 is 15.4 Å². The van der Waals surface area contributed by atoms with Crippen molar-refractivity contribution in [2.45, 2.75) is 45.7 Å². The van der Waals surface area contributed by atoms with E-state index in [1.165, 1.54) is 11.3 Å². The Morgan fingerprint density at radius 1 is 1.31 bits per heavy atom. The maximum absolute atomic E-state index is 12.3. The van der Waals surface area contributed by atoms with Crippen LogP contribution in [-0.2, 0) is 21.4 Å². The quantitative estimate of drug-likeness (QED) is 0.265. The smallest absolute Gasteiger partial charge is 0.225 e. The van der Waals surface area contributed by atoms with Crippen molar-refractivity contribution in [1.82, 2.24) is 40.0 Å². The van der Waals surface area contributed by atoms with Gasteiger partial charge in [0.25, 0.3) is 0 Å². The molecule has 3 N–H and O–H groups in total. The molecule has 39 heavy (non-hydrogen) atoms. The van der Waals surface area contributed by atoms with Crippen LogP contribution in [0.4, 0.5) is 5.95 Å².